The lowest BCUT2D eigenvalue weighted by Gasteiger charge is -2.10. The third-order valence-electron chi connectivity index (χ3n) is 3.22. The molecule has 0 saturated carbocycles. The molecular weight excluding hydrogens is 480 g/mol. The predicted molar refractivity (Wildman–Crippen MR) is 107 cm³/mol. The molecule has 0 unspecified atom stereocenters. The van der Waals surface area contributed by atoms with E-state index < -0.39 is 11.9 Å². The topological polar surface area (TPSA) is 67.1 Å². The van der Waals surface area contributed by atoms with Crippen molar-refractivity contribution < 1.29 is 13.2 Å². The summed E-state index contributed by atoms with van der Waals surface area (Å²) in [5, 5.41) is 7.73. The van der Waals surface area contributed by atoms with Crippen molar-refractivity contribution in [3.63, 3.8) is 0 Å². The third-order valence-corrected chi connectivity index (χ3v) is 4.13. The Hall–Kier alpha value is -1.37. The molecule has 6 nitrogen and oxygen atoms in total. The number of guanidine groups is 1. The first-order valence-corrected chi connectivity index (χ1v) is 8.86. The third kappa shape index (κ3) is 7.89. The summed E-state index contributed by atoms with van der Waals surface area (Å²) in [5.74, 6) is 0.653. The number of alkyl halides is 3. The molecule has 0 amide bonds. The number of aryl methyl sites for hydroxylation is 1. The summed E-state index contributed by atoms with van der Waals surface area (Å²) in [6.45, 7) is 4.62. The van der Waals surface area contributed by atoms with E-state index in [1.165, 1.54) is 0 Å². The van der Waals surface area contributed by atoms with Gasteiger partial charge in [-0.2, -0.15) is 13.2 Å². The summed E-state index contributed by atoms with van der Waals surface area (Å²) in [7, 11) is 0. The molecule has 0 aliphatic carbocycles. The summed E-state index contributed by atoms with van der Waals surface area (Å²) >= 11 is 1.02. The first kappa shape index (κ1) is 22.7. The largest absolute Gasteiger partial charge is 0.434 e. The van der Waals surface area contributed by atoms with Crippen LogP contribution in [0.25, 0.3) is 0 Å². The summed E-state index contributed by atoms with van der Waals surface area (Å²) in [4.78, 5) is 12.0. The van der Waals surface area contributed by atoms with E-state index in [0.29, 0.717) is 37.0 Å². The molecule has 0 aromatic carbocycles. The normalized spacial score (nSPS) is 11.9. The van der Waals surface area contributed by atoms with Crippen LogP contribution in [0.15, 0.2) is 29.1 Å². The number of hydrogen-bond acceptors (Lipinski definition) is 4. The highest BCUT2D eigenvalue weighted by atomic mass is 127. The number of nitrogens with one attached hydrogen (secondary N) is 2. The second-order valence-electron chi connectivity index (χ2n) is 5.22. The molecule has 146 valence electrons. The zero-order valence-electron chi connectivity index (χ0n) is 14.3. The Balaban J connectivity index is 0.00000338. The molecule has 0 aliphatic heterocycles. The van der Waals surface area contributed by atoms with Gasteiger partial charge in [-0.05, 0) is 13.3 Å². The molecule has 2 aromatic heterocycles. The molecule has 0 radical (unpaired) electrons. The Morgan fingerprint density at radius 2 is 2.15 bits per heavy atom. The van der Waals surface area contributed by atoms with Crippen LogP contribution in [0.1, 0.15) is 24.0 Å². The van der Waals surface area contributed by atoms with Gasteiger partial charge < -0.3 is 15.2 Å². The molecule has 26 heavy (non-hydrogen) atoms. The van der Waals surface area contributed by atoms with Crippen LogP contribution >= 0.6 is 35.3 Å². The van der Waals surface area contributed by atoms with Gasteiger partial charge in [-0.3, -0.25) is 4.99 Å². The fourth-order valence-electron chi connectivity index (χ4n) is 2.05. The van der Waals surface area contributed by atoms with Crippen LogP contribution in [-0.4, -0.2) is 40.1 Å². The molecule has 2 heterocycles. The van der Waals surface area contributed by atoms with Crippen molar-refractivity contribution in [2.75, 3.05) is 19.6 Å². The van der Waals surface area contributed by atoms with E-state index >= 15 is 0 Å². The highest BCUT2D eigenvalue weighted by molar-refractivity contribution is 14.0. The van der Waals surface area contributed by atoms with Crippen molar-refractivity contribution in [2.24, 2.45) is 4.99 Å². The minimum atomic E-state index is -4.38. The number of thiazole rings is 1. The van der Waals surface area contributed by atoms with Crippen molar-refractivity contribution in [3.8, 4) is 0 Å². The monoisotopic (exact) mass is 502 g/mol. The van der Waals surface area contributed by atoms with Gasteiger partial charge in [0.25, 0.3) is 0 Å². The van der Waals surface area contributed by atoms with Gasteiger partial charge in [-0.15, -0.1) is 35.3 Å². The number of aliphatic imine (C=N–C) groups is 1. The van der Waals surface area contributed by atoms with Gasteiger partial charge in [0.1, 0.15) is 0 Å². The number of imidazole rings is 1. The zero-order chi connectivity index (χ0) is 18.1. The quantitative estimate of drug-likeness (QED) is 0.252. The van der Waals surface area contributed by atoms with Crippen molar-refractivity contribution >= 4 is 41.3 Å². The second-order valence-corrected chi connectivity index (χ2v) is 6.16. The maximum Gasteiger partial charge on any atom is 0.434 e. The SMILES string of the molecule is CCNC(=NCCCn1ccnc1)NCCc1nc(C(F)(F)F)cs1.I. The maximum absolute atomic E-state index is 12.5. The standard InChI is InChI=1S/C15H21F3N6S.HI/c1-2-20-14(21-5-3-8-24-9-7-19-11-24)22-6-4-13-23-12(10-25-13)15(16,17)18;/h7,9-11H,2-6,8H2,1H3,(H2,20,21,22);1H. The van der Waals surface area contributed by atoms with Gasteiger partial charge in [0.05, 0.1) is 11.3 Å². The van der Waals surface area contributed by atoms with Gasteiger partial charge >= 0.3 is 6.18 Å². The van der Waals surface area contributed by atoms with E-state index in [1.807, 2.05) is 17.7 Å². The van der Waals surface area contributed by atoms with Gasteiger partial charge in [-0.25, -0.2) is 9.97 Å². The van der Waals surface area contributed by atoms with E-state index in [9.17, 15) is 13.2 Å². The molecule has 0 fully saturated rings. The highest BCUT2D eigenvalue weighted by Gasteiger charge is 2.33. The maximum atomic E-state index is 12.5. The fraction of sp³-hybridized carbons (Fsp3) is 0.533. The van der Waals surface area contributed by atoms with E-state index in [2.05, 4.69) is 25.6 Å². The smallest absolute Gasteiger partial charge is 0.357 e. The molecule has 0 atom stereocenters. The van der Waals surface area contributed by atoms with E-state index in [1.54, 1.807) is 12.5 Å². The van der Waals surface area contributed by atoms with Gasteiger partial charge in [0, 0.05) is 50.4 Å². The Labute approximate surface area is 171 Å². The molecular formula is C15H22F3IN6S. The average Bonchev–Trinajstić information content (AvgIpc) is 3.22. The molecule has 0 bridgehead atoms. The second kappa shape index (κ2) is 11.4. The van der Waals surface area contributed by atoms with E-state index in [-0.39, 0.29) is 24.0 Å². The average molecular weight is 502 g/mol. The van der Waals surface area contributed by atoms with Crippen LogP contribution in [0.4, 0.5) is 13.2 Å². The van der Waals surface area contributed by atoms with Crippen molar-refractivity contribution in [1.82, 2.24) is 25.2 Å². The molecule has 0 spiro atoms. The summed E-state index contributed by atoms with van der Waals surface area (Å²) < 4.78 is 39.5. The molecule has 0 saturated heterocycles. The first-order chi connectivity index (χ1) is 12.0. The van der Waals surface area contributed by atoms with Crippen LogP contribution in [0, 0.1) is 0 Å². The summed E-state index contributed by atoms with van der Waals surface area (Å²) in [6, 6.07) is 0. The number of aromatic nitrogens is 3. The molecule has 2 N–H and O–H groups in total. The number of rotatable bonds is 8. The zero-order valence-corrected chi connectivity index (χ0v) is 17.4. The summed E-state index contributed by atoms with van der Waals surface area (Å²) in [5.41, 5.74) is -0.826. The van der Waals surface area contributed by atoms with Gasteiger partial charge in [-0.1, -0.05) is 0 Å². The number of halogens is 4. The molecule has 0 aliphatic rings. The van der Waals surface area contributed by atoms with Crippen molar-refractivity contribution in [1.29, 1.82) is 0 Å². The molecule has 2 aromatic rings. The molecule has 11 heteroatoms. The Bertz CT molecular complexity index is 657. The lowest BCUT2D eigenvalue weighted by Crippen LogP contribution is -2.38. The lowest BCUT2D eigenvalue weighted by molar-refractivity contribution is -0.140. The first-order valence-electron chi connectivity index (χ1n) is 7.98. The summed E-state index contributed by atoms with van der Waals surface area (Å²) in [6.07, 6.45) is 2.30. The van der Waals surface area contributed by atoms with Gasteiger partial charge in [0.2, 0.25) is 0 Å². The van der Waals surface area contributed by atoms with Crippen LogP contribution in [0.2, 0.25) is 0 Å². The highest BCUT2D eigenvalue weighted by Crippen LogP contribution is 2.29. The number of hydrogen-bond donors (Lipinski definition) is 2. The van der Waals surface area contributed by atoms with Crippen LogP contribution in [0.5, 0.6) is 0 Å². The Morgan fingerprint density at radius 3 is 2.77 bits per heavy atom. The van der Waals surface area contributed by atoms with Crippen LogP contribution < -0.4 is 10.6 Å². The number of nitrogens with zero attached hydrogens (tertiary/aromatic N) is 4. The minimum absolute atomic E-state index is 0. The van der Waals surface area contributed by atoms with Crippen molar-refractivity contribution in [2.45, 2.75) is 32.5 Å². The predicted octanol–water partition coefficient (Wildman–Crippen LogP) is 3.16. The minimum Gasteiger partial charge on any atom is -0.357 e. The Kier molecular flexibility index (Phi) is 9.91. The lowest BCUT2D eigenvalue weighted by atomic mass is 10.4. The fourth-order valence-corrected chi connectivity index (χ4v) is 2.85. The molecule has 2 rings (SSSR count). The van der Waals surface area contributed by atoms with Gasteiger partial charge in [0.15, 0.2) is 11.7 Å². The Morgan fingerprint density at radius 1 is 1.35 bits per heavy atom. The van der Waals surface area contributed by atoms with E-state index in [0.717, 1.165) is 29.7 Å². The van der Waals surface area contributed by atoms with Crippen molar-refractivity contribution in [3.05, 3.63) is 34.8 Å². The van der Waals surface area contributed by atoms with E-state index in [4.69, 9.17) is 0 Å². The van der Waals surface area contributed by atoms with Crippen LogP contribution in [-0.2, 0) is 19.1 Å². The van der Waals surface area contributed by atoms with Crippen LogP contribution in [0.3, 0.4) is 0 Å².